The molecular formula is C16H22O8. The predicted octanol–water partition coefficient (Wildman–Crippen LogP) is 0.0194. The van der Waals surface area contributed by atoms with E-state index in [4.69, 9.17) is 14.2 Å². The molecule has 1 rings (SSSR count). The van der Waals surface area contributed by atoms with E-state index in [0.717, 1.165) is 24.3 Å². The molecule has 0 aliphatic carbocycles. The van der Waals surface area contributed by atoms with Crippen LogP contribution in [0.2, 0.25) is 0 Å². The highest BCUT2D eigenvalue weighted by atomic mass is 16.6. The highest BCUT2D eigenvalue weighted by Gasteiger charge is 2.21. The summed E-state index contributed by atoms with van der Waals surface area (Å²) in [7, 11) is 0. The summed E-state index contributed by atoms with van der Waals surface area (Å²) in [5.41, 5.74) is 0. The zero-order chi connectivity index (χ0) is 18.3. The summed E-state index contributed by atoms with van der Waals surface area (Å²) in [6.45, 7) is 4.41. The van der Waals surface area contributed by atoms with Gasteiger partial charge in [-0.2, -0.15) is 0 Å². The van der Waals surface area contributed by atoms with Gasteiger partial charge in [0.1, 0.15) is 30.5 Å². The quantitative estimate of drug-likeness (QED) is 0.467. The van der Waals surface area contributed by atoms with Gasteiger partial charge in [0.25, 0.3) is 0 Å². The van der Waals surface area contributed by atoms with Crippen LogP contribution in [0.25, 0.3) is 0 Å². The molecule has 1 aliphatic rings. The molecule has 2 N–H and O–H groups in total. The first-order valence-electron chi connectivity index (χ1n) is 7.52. The molecule has 1 aliphatic heterocycles. The number of carbonyl (C=O) groups is 3. The molecular weight excluding hydrogens is 320 g/mol. The number of cyclic esters (lactones) is 3. The van der Waals surface area contributed by atoms with Gasteiger partial charge in [0, 0.05) is 12.2 Å². The van der Waals surface area contributed by atoms with Gasteiger partial charge in [0.2, 0.25) is 0 Å². The molecule has 0 saturated heterocycles. The summed E-state index contributed by atoms with van der Waals surface area (Å²) in [4.78, 5) is 34.9. The summed E-state index contributed by atoms with van der Waals surface area (Å²) in [5, 5.41) is 19.6. The fraction of sp³-hybridized carbons (Fsp3) is 0.562. The second-order valence-corrected chi connectivity index (χ2v) is 5.49. The number of ether oxygens (including phenoxy) is 3. The average molecular weight is 342 g/mol. The van der Waals surface area contributed by atoms with Crippen LogP contribution in [0.1, 0.15) is 27.2 Å². The maximum atomic E-state index is 11.7. The van der Waals surface area contributed by atoms with E-state index in [1.807, 2.05) is 0 Å². The van der Waals surface area contributed by atoms with E-state index in [2.05, 4.69) is 0 Å². The van der Waals surface area contributed by atoms with Gasteiger partial charge in [-0.25, -0.2) is 9.59 Å². The van der Waals surface area contributed by atoms with Crippen LogP contribution >= 0.6 is 0 Å². The zero-order valence-corrected chi connectivity index (χ0v) is 13.7. The minimum atomic E-state index is -1.22. The molecule has 0 unspecified atom stereocenters. The molecule has 0 fully saturated rings. The highest BCUT2D eigenvalue weighted by molar-refractivity contribution is 5.83. The summed E-state index contributed by atoms with van der Waals surface area (Å²) >= 11 is 0. The number of rotatable bonds is 0. The van der Waals surface area contributed by atoms with Gasteiger partial charge in [-0.05, 0) is 32.9 Å². The van der Waals surface area contributed by atoms with Crippen LogP contribution in [-0.4, -0.2) is 58.6 Å². The van der Waals surface area contributed by atoms with Gasteiger partial charge in [0.05, 0.1) is 6.42 Å². The average Bonchev–Trinajstić information content (AvgIpc) is 2.48. The molecule has 0 spiro atoms. The smallest absolute Gasteiger partial charge is 0.330 e. The van der Waals surface area contributed by atoms with Crippen LogP contribution < -0.4 is 0 Å². The van der Waals surface area contributed by atoms with Crippen molar-refractivity contribution in [1.82, 2.24) is 0 Å². The van der Waals surface area contributed by atoms with E-state index in [-0.39, 0.29) is 6.42 Å². The third kappa shape index (κ3) is 6.93. The number of hydrogen-bond donors (Lipinski definition) is 2. The van der Waals surface area contributed by atoms with Crippen LogP contribution in [0.15, 0.2) is 24.3 Å². The molecule has 8 heteroatoms. The van der Waals surface area contributed by atoms with Gasteiger partial charge < -0.3 is 24.4 Å². The second-order valence-electron chi connectivity index (χ2n) is 5.49. The Morgan fingerprint density at radius 3 is 1.83 bits per heavy atom. The van der Waals surface area contributed by atoms with E-state index in [9.17, 15) is 24.6 Å². The van der Waals surface area contributed by atoms with Crippen LogP contribution in [0.4, 0.5) is 0 Å². The van der Waals surface area contributed by atoms with Gasteiger partial charge in [-0.15, -0.1) is 0 Å². The molecule has 0 amide bonds. The Kier molecular flexibility index (Phi) is 7.60. The maximum Gasteiger partial charge on any atom is 0.330 e. The van der Waals surface area contributed by atoms with Crippen molar-refractivity contribution in [3.05, 3.63) is 24.3 Å². The summed E-state index contributed by atoms with van der Waals surface area (Å²) in [6.07, 6.45) is -0.961. The summed E-state index contributed by atoms with van der Waals surface area (Å²) in [6, 6.07) is 0. The van der Waals surface area contributed by atoms with E-state index < -0.39 is 48.4 Å². The Hall–Kier alpha value is -2.19. The lowest BCUT2D eigenvalue weighted by atomic mass is 10.2. The number of carbonyl (C=O) groups excluding carboxylic acids is 3. The molecule has 8 nitrogen and oxygen atoms in total. The lowest BCUT2D eigenvalue weighted by Gasteiger charge is -2.19. The van der Waals surface area contributed by atoms with E-state index in [1.165, 1.54) is 20.8 Å². The molecule has 0 aromatic heterocycles. The Balaban J connectivity index is 2.91. The van der Waals surface area contributed by atoms with Crippen molar-refractivity contribution in [3.63, 3.8) is 0 Å². The van der Waals surface area contributed by atoms with Crippen molar-refractivity contribution in [2.24, 2.45) is 0 Å². The predicted molar refractivity (Wildman–Crippen MR) is 81.6 cm³/mol. The van der Waals surface area contributed by atoms with E-state index in [0.29, 0.717) is 0 Å². The van der Waals surface area contributed by atoms with Crippen molar-refractivity contribution in [3.8, 4) is 0 Å². The summed E-state index contributed by atoms with van der Waals surface area (Å²) < 4.78 is 14.9. The number of hydrogen-bond acceptors (Lipinski definition) is 8. The third-order valence-corrected chi connectivity index (χ3v) is 3.21. The Morgan fingerprint density at radius 1 is 0.833 bits per heavy atom. The van der Waals surface area contributed by atoms with E-state index in [1.54, 1.807) is 0 Å². The van der Waals surface area contributed by atoms with Gasteiger partial charge in [0.15, 0.2) is 0 Å². The fourth-order valence-electron chi connectivity index (χ4n) is 1.80. The van der Waals surface area contributed by atoms with Gasteiger partial charge >= 0.3 is 17.9 Å². The number of aliphatic hydroxyl groups is 2. The number of aliphatic hydroxyl groups excluding tert-OH is 2. The molecule has 0 aromatic rings. The largest absolute Gasteiger partial charge is 0.459 e. The van der Waals surface area contributed by atoms with Crippen molar-refractivity contribution >= 4 is 17.9 Å². The van der Waals surface area contributed by atoms with Gasteiger partial charge in [-0.3, -0.25) is 4.79 Å². The van der Waals surface area contributed by atoms with Crippen LogP contribution in [0.5, 0.6) is 0 Å². The lowest BCUT2D eigenvalue weighted by molar-refractivity contribution is -0.157. The lowest BCUT2D eigenvalue weighted by Crippen LogP contribution is -2.30. The maximum absolute atomic E-state index is 11.7. The van der Waals surface area contributed by atoms with Crippen molar-refractivity contribution < 1.29 is 38.8 Å². The molecule has 24 heavy (non-hydrogen) atoms. The molecule has 0 radical (unpaired) electrons. The van der Waals surface area contributed by atoms with E-state index >= 15 is 0 Å². The number of esters is 3. The van der Waals surface area contributed by atoms with Crippen LogP contribution in [0, 0.1) is 0 Å². The monoisotopic (exact) mass is 342 g/mol. The highest BCUT2D eigenvalue weighted by Crippen LogP contribution is 2.08. The Morgan fingerprint density at radius 2 is 1.29 bits per heavy atom. The first-order valence-corrected chi connectivity index (χ1v) is 7.52. The Labute approximate surface area is 139 Å². The second kappa shape index (κ2) is 9.19. The Bertz CT molecular complexity index is 524. The standard InChI is InChI=1S/C16H22O8/c1-9-8-16(21)24-11(3)13(18)5-7-15(20)23-10(2)12(17)4-6-14(19)22-9/h4-7,9-13,17-18H,8H2,1-3H3/b6-4+,7-5+/t9-,10-,11-,12-,13+/m0/s1. The third-order valence-electron chi connectivity index (χ3n) is 3.21. The van der Waals surface area contributed by atoms with Crippen molar-refractivity contribution in [2.45, 2.75) is 57.7 Å². The molecule has 5 atom stereocenters. The van der Waals surface area contributed by atoms with Crippen molar-refractivity contribution in [2.75, 3.05) is 0 Å². The minimum absolute atomic E-state index is 0.193. The summed E-state index contributed by atoms with van der Waals surface area (Å²) in [5.74, 6) is -2.22. The van der Waals surface area contributed by atoms with Crippen molar-refractivity contribution in [1.29, 1.82) is 0 Å². The first kappa shape index (κ1) is 19.9. The molecule has 0 aromatic carbocycles. The molecule has 134 valence electrons. The van der Waals surface area contributed by atoms with Crippen LogP contribution in [0.3, 0.4) is 0 Å². The normalized spacial score (nSPS) is 36.2. The van der Waals surface area contributed by atoms with Gasteiger partial charge in [-0.1, -0.05) is 0 Å². The minimum Gasteiger partial charge on any atom is -0.459 e. The zero-order valence-electron chi connectivity index (χ0n) is 13.7. The molecule has 0 saturated carbocycles. The SMILES string of the molecule is C[C@@H]1OC(=O)C[C@H](C)OC(=O)/C=C/[C@H](O)[C@H](C)OC(=O)/C=C/[C@H]1O. The van der Waals surface area contributed by atoms with Crippen LogP contribution in [-0.2, 0) is 28.6 Å². The molecule has 1 heterocycles. The first-order chi connectivity index (χ1) is 11.2. The fourth-order valence-corrected chi connectivity index (χ4v) is 1.80. The topological polar surface area (TPSA) is 119 Å². The molecule has 0 bridgehead atoms.